The van der Waals surface area contributed by atoms with E-state index in [0.29, 0.717) is 44.6 Å². The zero-order chi connectivity index (χ0) is 21.3. The minimum atomic E-state index is -0.704. The molecule has 1 aliphatic heterocycles. The minimum absolute atomic E-state index is 0.0402. The maximum atomic E-state index is 12.6. The van der Waals surface area contributed by atoms with Crippen LogP contribution in [-0.4, -0.2) is 48.8 Å². The molecule has 3 amide bonds. The van der Waals surface area contributed by atoms with Crippen LogP contribution in [0.1, 0.15) is 34.1 Å². The molecule has 2 aromatic rings. The fourth-order valence-electron chi connectivity index (χ4n) is 3.48. The Morgan fingerprint density at radius 2 is 1.47 bits per heavy atom. The molecule has 1 heterocycles. The maximum absolute atomic E-state index is 12.6. The van der Waals surface area contributed by atoms with Crippen molar-refractivity contribution in [1.29, 1.82) is 0 Å². The first kappa shape index (κ1) is 21.8. The number of likely N-dealkylation sites (tertiary alicyclic amines) is 1. The SMILES string of the molecule is O=C(NCCNC(=O)C1CCN(C(=O)[C@H](Cl)c2ccccc2)CC1)c1ccccc1. The van der Waals surface area contributed by atoms with Crippen molar-refractivity contribution in [3.05, 3.63) is 71.8 Å². The summed E-state index contributed by atoms with van der Waals surface area (Å²) in [6.45, 7) is 1.76. The van der Waals surface area contributed by atoms with Crippen LogP contribution in [0.15, 0.2) is 60.7 Å². The van der Waals surface area contributed by atoms with E-state index in [4.69, 9.17) is 11.6 Å². The third-order valence-electron chi connectivity index (χ3n) is 5.23. The largest absolute Gasteiger partial charge is 0.354 e. The molecule has 2 N–H and O–H groups in total. The van der Waals surface area contributed by atoms with Crippen LogP contribution in [0.25, 0.3) is 0 Å². The highest BCUT2D eigenvalue weighted by atomic mass is 35.5. The number of nitrogens with zero attached hydrogens (tertiary/aromatic N) is 1. The zero-order valence-corrected chi connectivity index (χ0v) is 17.5. The normalized spacial score (nSPS) is 15.3. The number of nitrogens with one attached hydrogen (secondary N) is 2. The summed E-state index contributed by atoms with van der Waals surface area (Å²) in [7, 11) is 0. The van der Waals surface area contributed by atoms with Gasteiger partial charge >= 0.3 is 0 Å². The van der Waals surface area contributed by atoms with Gasteiger partial charge in [-0.15, -0.1) is 11.6 Å². The van der Waals surface area contributed by atoms with E-state index in [0.717, 1.165) is 5.56 Å². The number of alkyl halides is 1. The van der Waals surface area contributed by atoms with Gasteiger partial charge in [-0.3, -0.25) is 14.4 Å². The van der Waals surface area contributed by atoms with E-state index in [1.165, 1.54) is 0 Å². The Bertz CT molecular complexity index is 853. The molecule has 1 aliphatic rings. The smallest absolute Gasteiger partial charge is 0.251 e. The molecule has 0 bridgehead atoms. The average Bonchev–Trinajstić information content (AvgIpc) is 2.81. The first-order valence-corrected chi connectivity index (χ1v) is 10.6. The Morgan fingerprint density at radius 3 is 2.10 bits per heavy atom. The van der Waals surface area contributed by atoms with Crippen molar-refractivity contribution < 1.29 is 14.4 Å². The Labute approximate surface area is 181 Å². The van der Waals surface area contributed by atoms with Crippen LogP contribution in [0.4, 0.5) is 0 Å². The average molecular weight is 428 g/mol. The molecule has 0 radical (unpaired) electrons. The van der Waals surface area contributed by atoms with Crippen LogP contribution in [-0.2, 0) is 9.59 Å². The van der Waals surface area contributed by atoms with Gasteiger partial charge in [0.15, 0.2) is 0 Å². The molecule has 3 rings (SSSR count). The number of hydrogen-bond acceptors (Lipinski definition) is 3. The highest BCUT2D eigenvalue weighted by Gasteiger charge is 2.30. The molecule has 1 fully saturated rings. The van der Waals surface area contributed by atoms with E-state index < -0.39 is 5.38 Å². The first-order valence-electron chi connectivity index (χ1n) is 10.1. The molecule has 0 saturated carbocycles. The van der Waals surface area contributed by atoms with Crippen molar-refractivity contribution in [3.8, 4) is 0 Å². The number of amides is 3. The van der Waals surface area contributed by atoms with Crippen LogP contribution in [0, 0.1) is 5.92 Å². The topological polar surface area (TPSA) is 78.5 Å². The standard InChI is InChI=1S/C23H26ClN3O3/c24-20(17-7-3-1-4-8-17)23(30)27-15-11-19(12-16-27)22(29)26-14-13-25-21(28)18-9-5-2-6-10-18/h1-10,19-20H,11-16H2,(H,25,28)(H,26,29)/t20-/m1/s1. The molecular weight excluding hydrogens is 402 g/mol. The summed E-state index contributed by atoms with van der Waals surface area (Å²) in [6, 6.07) is 18.2. The molecule has 7 heteroatoms. The molecule has 0 aliphatic carbocycles. The molecule has 6 nitrogen and oxygen atoms in total. The van der Waals surface area contributed by atoms with Gasteiger partial charge in [0.25, 0.3) is 5.91 Å². The van der Waals surface area contributed by atoms with Gasteiger partial charge in [-0.25, -0.2) is 0 Å². The van der Waals surface area contributed by atoms with Crippen molar-refractivity contribution in [3.63, 3.8) is 0 Å². The van der Waals surface area contributed by atoms with Crippen LogP contribution < -0.4 is 10.6 Å². The summed E-state index contributed by atoms with van der Waals surface area (Å²) in [4.78, 5) is 38.7. The number of rotatable bonds is 7. The van der Waals surface area contributed by atoms with Crippen molar-refractivity contribution in [1.82, 2.24) is 15.5 Å². The van der Waals surface area contributed by atoms with Gasteiger partial charge in [-0.05, 0) is 30.5 Å². The van der Waals surface area contributed by atoms with Crippen LogP contribution >= 0.6 is 11.6 Å². The molecule has 1 atom stereocenters. The summed E-state index contributed by atoms with van der Waals surface area (Å²) in [5.41, 5.74) is 1.37. The van der Waals surface area contributed by atoms with E-state index in [-0.39, 0.29) is 23.6 Å². The molecule has 2 aromatic carbocycles. The summed E-state index contributed by atoms with van der Waals surface area (Å²) in [6.07, 6.45) is 1.21. The lowest BCUT2D eigenvalue weighted by atomic mass is 9.95. The van der Waals surface area contributed by atoms with E-state index in [1.807, 2.05) is 36.4 Å². The Kier molecular flexibility index (Phi) is 7.85. The number of piperidine rings is 1. The number of halogens is 1. The Morgan fingerprint density at radius 1 is 0.900 bits per heavy atom. The van der Waals surface area contributed by atoms with Gasteiger partial charge < -0.3 is 15.5 Å². The van der Waals surface area contributed by atoms with Crippen molar-refractivity contribution in [2.45, 2.75) is 18.2 Å². The molecule has 158 valence electrons. The lowest BCUT2D eigenvalue weighted by Crippen LogP contribution is -2.45. The molecule has 1 saturated heterocycles. The van der Waals surface area contributed by atoms with Gasteiger partial charge in [-0.1, -0.05) is 48.5 Å². The lowest BCUT2D eigenvalue weighted by molar-refractivity contribution is -0.135. The predicted octanol–water partition coefficient (Wildman–Crippen LogP) is 2.75. The summed E-state index contributed by atoms with van der Waals surface area (Å²) in [5, 5.41) is 4.95. The van der Waals surface area contributed by atoms with Crippen LogP contribution in [0.2, 0.25) is 0 Å². The Hall–Kier alpha value is -2.86. The van der Waals surface area contributed by atoms with Crippen molar-refractivity contribution in [2.75, 3.05) is 26.2 Å². The van der Waals surface area contributed by atoms with E-state index >= 15 is 0 Å². The third-order valence-corrected chi connectivity index (χ3v) is 5.67. The number of hydrogen-bond donors (Lipinski definition) is 2. The monoisotopic (exact) mass is 427 g/mol. The predicted molar refractivity (Wildman–Crippen MR) is 116 cm³/mol. The number of benzene rings is 2. The van der Waals surface area contributed by atoms with E-state index in [9.17, 15) is 14.4 Å². The van der Waals surface area contributed by atoms with Gasteiger partial charge in [-0.2, -0.15) is 0 Å². The quantitative estimate of drug-likeness (QED) is 0.526. The van der Waals surface area contributed by atoms with Gasteiger partial charge in [0.05, 0.1) is 0 Å². The summed E-state index contributed by atoms with van der Waals surface area (Å²) in [5.74, 6) is -0.456. The van der Waals surface area contributed by atoms with E-state index in [2.05, 4.69) is 10.6 Å². The molecule has 0 spiro atoms. The van der Waals surface area contributed by atoms with Crippen LogP contribution in [0.5, 0.6) is 0 Å². The highest BCUT2D eigenvalue weighted by molar-refractivity contribution is 6.30. The second-order valence-electron chi connectivity index (χ2n) is 7.29. The second-order valence-corrected chi connectivity index (χ2v) is 7.72. The molecule has 0 unspecified atom stereocenters. The van der Waals surface area contributed by atoms with Crippen LogP contribution in [0.3, 0.4) is 0 Å². The molecule has 0 aromatic heterocycles. The minimum Gasteiger partial charge on any atom is -0.354 e. The fraction of sp³-hybridized carbons (Fsp3) is 0.348. The van der Waals surface area contributed by atoms with Crippen molar-refractivity contribution in [2.24, 2.45) is 5.92 Å². The molecule has 30 heavy (non-hydrogen) atoms. The lowest BCUT2D eigenvalue weighted by Gasteiger charge is -2.32. The Balaban J connectivity index is 1.37. The van der Waals surface area contributed by atoms with Gasteiger partial charge in [0, 0.05) is 37.7 Å². The fourth-order valence-corrected chi connectivity index (χ4v) is 3.77. The summed E-state index contributed by atoms with van der Waals surface area (Å²) < 4.78 is 0. The highest BCUT2D eigenvalue weighted by Crippen LogP contribution is 2.26. The van der Waals surface area contributed by atoms with Gasteiger partial charge in [0.2, 0.25) is 11.8 Å². The second kappa shape index (κ2) is 10.8. The third kappa shape index (κ3) is 5.83. The number of carbonyl (C=O) groups is 3. The summed E-state index contributed by atoms with van der Waals surface area (Å²) >= 11 is 6.34. The maximum Gasteiger partial charge on any atom is 0.251 e. The number of carbonyl (C=O) groups excluding carboxylic acids is 3. The first-order chi connectivity index (χ1) is 14.6. The zero-order valence-electron chi connectivity index (χ0n) is 16.7. The molecular formula is C23H26ClN3O3. The van der Waals surface area contributed by atoms with Crippen molar-refractivity contribution >= 4 is 29.3 Å². The van der Waals surface area contributed by atoms with E-state index in [1.54, 1.807) is 29.2 Å². The van der Waals surface area contributed by atoms with Gasteiger partial charge in [0.1, 0.15) is 5.38 Å².